The third kappa shape index (κ3) is 5.49. The highest BCUT2D eigenvalue weighted by molar-refractivity contribution is 6.01. The molecule has 3 aromatic heterocycles. The van der Waals surface area contributed by atoms with Crippen LogP contribution in [0.15, 0.2) is 59.3 Å². The Labute approximate surface area is 221 Å². The van der Waals surface area contributed by atoms with Crippen molar-refractivity contribution in [2.24, 2.45) is 0 Å². The van der Waals surface area contributed by atoms with E-state index in [1.807, 2.05) is 45.0 Å². The van der Waals surface area contributed by atoms with E-state index in [9.17, 15) is 9.59 Å². The number of hydrogen-bond donors (Lipinski definition) is 1. The smallest absolute Gasteiger partial charge is 0.251 e. The number of hydrogen-bond acceptors (Lipinski definition) is 7. The number of rotatable bonds is 8. The van der Waals surface area contributed by atoms with Crippen molar-refractivity contribution in [3.8, 4) is 11.6 Å². The van der Waals surface area contributed by atoms with E-state index in [2.05, 4.69) is 25.7 Å². The highest BCUT2D eigenvalue weighted by Gasteiger charge is 2.35. The number of furan rings is 1. The van der Waals surface area contributed by atoms with Crippen molar-refractivity contribution >= 4 is 17.5 Å². The Balaban J connectivity index is 1.52. The third-order valence-corrected chi connectivity index (χ3v) is 6.80. The lowest BCUT2D eigenvalue weighted by atomic mass is 10.0. The van der Waals surface area contributed by atoms with Gasteiger partial charge in [0.2, 0.25) is 11.7 Å². The van der Waals surface area contributed by atoms with Crippen LogP contribution in [0, 0.1) is 20.8 Å². The number of anilines is 1. The van der Waals surface area contributed by atoms with Gasteiger partial charge in [-0.15, -0.1) is 10.2 Å². The predicted octanol–water partition coefficient (Wildman–Crippen LogP) is 4.09. The Morgan fingerprint density at radius 1 is 1.08 bits per heavy atom. The van der Waals surface area contributed by atoms with Crippen LogP contribution in [-0.4, -0.2) is 43.0 Å². The molecule has 1 aliphatic rings. The van der Waals surface area contributed by atoms with Crippen molar-refractivity contribution in [3.63, 3.8) is 0 Å². The molecule has 10 nitrogen and oxygen atoms in total. The topological polar surface area (TPSA) is 119 Å². The lowest BCUT2D eigenvalue weighted by Crippen LogP contribution is -2.47. The molecule has 5 rings (SSSR count). The molecule has 1 aliphatic carbocycles. The first-order valence-corrected chi connectivity index (χ1v) is 12.8. The monoisotopic (exact) mass is 513 g/mol. The molecule has 4 aromatic rings. The second-order valence-electron chi connectivity index (χ2n) is 9.78. The Kier molecular flexibility index (Phi) is 7.30. The Bertz CT molecular complexity index is 1420. The van der Waals surface area contributed by atoms with Gasteiger partial charge in [-0.3, -0.25) is 19.5 Å². The zero-order valence-corrected chi connectivity index (χ0v) is 21.8. The average Bonchev–Trinajstić information content (AvgIpc) is 3.66. The van der Waals surface area contributed by atoms with Crippen molar-refractivity contribution < 1.29 is 14.0 Å². The van der Waals surface area contributed by atoms with Gasteiger partial charge in [0, 0.05) is 24.1 Å². The van der Waals surface area contributed by atoms with Crippen molar-refractivity contribution in [2.45, 2.75) is 65.1 Å². The minimum atomic E-state index is -0.900. The number of amides is 2. The van der Waals surface area contributed by atoms with E-state index >= 15 is 0 Å². The molecule has 1 N–H and O–H groups in total. The highest BCUT2D eigenvalue weighted by atomic mass is 16.3. The van der Waals surface area contributed by atoms with E-state index < -0.39 is 6.04 Å². The fourth-order valence-corrected chi connectivity index (χ4v) is 4.97. The van der Waals surface area contributed by atoms with Crippen molar-refractivity contribution in [2.75, 3.05) is 4.90 Å². The van der Waals surface area contributed by atoms with Gasteiger partial charge in [0.25, 0.3) is 5.91 Å². The van der Waals surface area contributed by atoms with Gasteiger partial charge in [-0.2, -0.15) is 4.80 Å². The summed E-state index contributed by atoms with van der Waals surface area (Å²) in [6.45, 7) is 5.55. The normalized spacial score (nSPS) is 14.4. The molecule has 38 heavy (non-hydrogen) atoms. The van der Waals surface area contributed by atoms with E-state index in [1.165, 1.54) is 4.80 Å². The summed E-state index contributed by atoms with van der Waals surface area (Å²) in [6, 6.07) is 12.1. The number of aryl methyl sites for hydroxylation is 3. The summed E-state index contributed by atoms with van der Waals surface area (Å²) in [5.41, 5.74) is 3.25. The third-order valence-electron chi connectivity index (χ3n) is 6.80. The molecule has 196 valence electrons. The molecule has 10 heteroatoms. The summed E-state index contributed by atoms with van der Waals surface area (Å²) in [6.07, 6.45) is 7.30. The fourth-order valence-electron chi connectivity index (χ4n) is 4.97. The number of benzene rings is 1. The number of nitrogens with zero attached hydrogens (tertiary/aromatic N) is 6. The zero-order chi connectivity index (χ0) is 26.6. The Hall–Kier alpha value is -4.34. The second-order valence-corrected chi connectivity index (χ2v) is 9.78. The molecule has 0 bridgehead atoms. The van der Waals surface area contributed by atoms with Gasteiger partial charge in [0.05, 0.1) is 0 Å². The molecule has 1 fully saturated rings. The Morgan fingerprint density at radius 3 is 2.53 bits per heavy atom. The predicted molar refractivity (Wildman–Crippen MR) is 141 cm³/mol. The molecular formula is C28H31N7O3. The van der Waals surface area contributed by atoms with E-state index in [0.29, 0.717) is 17.0 Å². The first-order chi connectivity index (χ1) is 18.4. The van der Waals surface area contributed by atoms with E-state index in [4.69, 9.17) is 4.42 Å². The van der Waals surface area contributed by atoms with Gasteiger partial charge in [0.1, 0.15) is 18.3 Å². The van der Waals surface area contributed by atoms with Gasteiger partial charge < -0.3 is 9.73 Å². The first-order valence-electron chi connectivity index (χ1n) is 12.8. The van der Waals surface area contributed by atoms with Crippen LogP contribution in [0.5, 0.6) is 0 Å². The van der Waals surface area contributed by atoms with Crippen LogP contribution in [-0.2, 0) is 16.1 Å². The molecule has 1 saturated carbocycles. The van der Waals surface area contributed by atoms with E-state index in [1.54, 1.807) is 35.5 Å². The average molecular weight is 514 g/mol. The molecule has 1 aromatic carbocycles. The van der Waals surface area contributed by atoms with Gasteiger partial charge in [-0.25, -0.2) is 0 Å². The van der Waals surface area contributed by atoms with Crippen LogP contribution < -0.4 is 10.2 Å². The molecule has 0 aliphatic heterocycles. The molecule has 0 radical (unpaired) electrons. The van der Waals surface area contributed by atoms with Gasteiger partial charge in [0.15, 0.2) is 5.76 Å². The number of carbonyl (C=O) groups is 2. The van der Waals surface area contributed by atoms with E-state index in [-0.39, 0.29) is 30.2 Å². The number of nitrogens with one attached hydrogen (secondary N) is 1. The lowest BCUT2D eigenvalue weighted by molar-refractivity contribution is -0.127. The van der Waals surface area contributed by atoms with Crippen LogP contribution in [0.3, 0.4) is 0 Å². The quantitative estimate of drug-likeness (QED) is 0.377. The summed E-state index contributed by atoms with van der Waals surface area (Å²) in [7, 11) is 0. The van der Waals surface area contributed by atoms with Crippen LogP contribution in [0.25, 0.3) is 11.6 Å². The molecule has 1 unspecified atom stereocenters. The maximum atomic E-state index is 14.0. The number of aromatic nitrogens is 5. The fraction of sp³-hybridized carbons (Fsp3) is 0.357. The van der Waals surface area contributed by atoms with E-state index in [0.717, 1.165) is 42.6 Å². The van der Waals surface area contributed by atoms with Crippen LogP contribution in [0.1, 0.15) is 54.2 Å². The Morgan fingerprint density at radius 2 is 1.84 bits per heavy atom. The molecule has 0 saturated heterocycles. The van der Waals surface area contributed by atoms with Crippen molar-refractivity contribution in [3.05, 3.63) is 77.3 Å². The summed E-state index contributed by atoms with van der Waals surface area (Å²) < 4.78 is 5.59. The maximum absolute atomic E-state index is 14.0. The minimum absolute atomic E-state index is 0.0965. The van der Waals surface area contributed by atoms with Crippen LogP contribution >= 0.6 is 0 Å². The van der Waals surface area contributed by atoms with Crippen LogP contribution in [0.4, 0.5) is 5.69 Å². The SMILES string of the molecule is Cc1ccc(N(C(=O)Cn2nnc(-c3ccc(C)o3)n2)C(C(=O)NC2CCCC2)c2ccncc2)c(C)c1. The first kappa shape index (κ1) is 25.3. The second kappa shape index (κ2) is 11.0. The molecule has 1 atom stereocenters. The summed E-state index contributed by atoms with van der Waals surface area (Å²) in [5, 5.41) is 15.7. The molecular weight excluding hydrogens is 482 g/mol. The summed E-state index contributed by atoms with van der Waals surface area (Å²) in [4.78, 5) is 34.8. The maximum Gasteiger partial charge on any atom is 0.251 e. The summed E-state index contributed by atoms with van der Waals surface area (Å²) >= 11 is 0. The number of pyridine rings is 1. The lowest BCUT2D eigenvalue weighted by Gasteiger charge is -2.33. The standard InChI is InChI=1S/C28H31N7O3/c1-18-8-10-23(19(2)16-18)35(25(36)17-34-32-27(31-33-34)24-11-9-20(3)38-24)26(21-12-14-29-15-13-21)28(37)30-22-6-4-5-7-22/h8-16,22,26H,4-7,17H2,1-3H3,(H,30,37). The van der Waals surface area contributed by atoms with Crippen molar-refractivity contribution in [1.82, 2.24) is 30.5 Å². The van der Waals surface area contributed by atoms with Gasteiger partial charge >= 0.3 is 0 Å². The molecule has 2 amide bonds. The van der Waals surface area contributed by atoms with Crippen LogP contribution in [0.2, 0.25) is 0 Å². The van der Waals surface area contributed by atoms with Crippen molar-refractivity contribution in [1.29, 1.82) is 0 Å². The van der Waals surface area contributed by atoms with Gasteiger partial charge in [-0.05, 0) is 80.3 Å². The highest BCUT2D eigenvalue weighted by Crippen LogP contribution is 2.32. The molecule has 3 heterocycles. The minimum Gasteiger partial charge on any atom is -0.458 e. The van der Waals surface area contributed by atoms with Gasteiger partial charge in [-0.1, -0.05) is 30.5 Å². The largest absolute Gasteiger partial charge is 0.458 e. The number of carbonyl (C=O) groups excluding carboxylic acids is 2. The number of tetrazole rings is 1. The molecule has 0 spiro atoms. The zero-order valence-electron chi connectivity index (χ0n) is 21.8. The summed E-state index contributed by atoms with van der Waals surface area (Å²) in [5.74, 6) is 0.906.